The van der Waals surface area contributed by atoms with E-state index in [1.165, 1.54) is 0 Å². The van der Waals surface area contributed by atoms with Crippen LogP contribution in [0.4, 0.5) is 0 Å². The maximum absolute atomic E-state index is 11.3. The van der Waals surface area contributed by atoms with Crippen LogP contribution >= 0.6 is 0 Å². The van der Waals surface area contributed by atoms with Gasteiger partial charge in [-0.15, -0.1) is 0 Å². The van der Waals surface area contributed by atoms with Crippen molar-refractivity contribution in [3.8, 4) is 0 Å². The quantitative estimate of drug-likeness (QED) is 0.526. The molecule has 1 atom stereocenters. The first-order chi connectivity index (χ1) is 6.74. The van der Waals surface area contributed by atoms with Gasteiger partial charge >= 0.3 is 0 Å². The van der Waals surface area contributed by atoms with Gasteiger partial charge in [0, 0.05) is 6.42 Å². The largest absolute Gasteiger partial charge is 0.303 e. The van der Waals surface area contributed by atoms with Gasteiger partial charge in [-0.25, -0.2) is 0 Å². The van der Waals surface area contributed by atoms with Gasteiger partial charge in [0.25, 0.3) is 0 Å². The Morgan fingerprint density at radius 3 is 2.57 bits per heavy atom. The molecule has 0 radical (unpaired) electrons. The molecule has 2 nitrogen and oxygen atoms in total. The number of aldehydes is 1. The van der Waals surface area contributed by atoms with Crippen LogP contribution in [0.3, 0.4) is 0 Å². The van der Waals surface area contributed by atoms with E-state index in [0.717, 1.165) is 12.0 Å². The second kappa shape index (κ2) is 5.32. The zero-order valence-electron chi connectivity index (χ0n) is 8.27. The van der Waals surface area contributed by atoms with Crippen LogP contribution < -0.4 is 0 Å². The van der Waals surface area contributed by atoms with Crippen LogP contribution in [-0.2, 0) is 16.0 Å². The smallest absolute Gasteiger partial charge is 0.143 e. The van der Waals surface area contributed by atoms with Crippen molar-refractivity contribution < 1.29 is 9.59 Å². The van der Waals surface area contributed by atoms with Gasteiger partial charge in [0.05, 0.1) is 5.92 Å². The molecule has 1 unspecified atom stereocenters. The van der Waals surface area contributed by atoms with Gasteiger partial charge in [0.2, 0.25) is 0 Å². The van der Waals surface area contributed by atoms with E-state index < -0.39 is 5.92 Å². The zero-order chi connectivity index (χ0) is 10.4. The summed E-state index contributed by atoms with van der Waals surface area (Å²) >= 11 is 0. The molecule has 0 saturated carbocycles. The Bertz CT molecular complexity index is 303. The van der Waals surface area contributed by atoms with Gasteiger partial charge in [-0.2, -0.15) is 0 Å². The van der Waals surface area contributed by atoms with Crippen molar-refractivity contribution in [3.05, 3.63) is 35.9 Å². The molecule has 1 rings (SSSR count). The lowest BCUT2D eigenvalue weighted by molar-refractivity contribution is -0.126. The van der Waals surface area contributed by atoms with Crippen LogP contribution in [0.2, 0.25) is 0 Å². The lowest BCUT2D eigenvalue weighted by Crippen LogP contribution is -2.12. The van der Waals surface area contributed by atoms with E-state index in [1.807, 2.05) is 30.3 Å². The minimum Gasteiger partial charge on any atom is -0.303 e. The Morgan fingerprint density at radius 2 is 2.00 bits per heavy atom. The highest BCUT2D eigenvalue weighted by Crippen LogP contribution is 2.05. The summed E-state index contributed by atoms with van der Waals surface area (Å²) in [5.74, 6) is -0.442. The number of carbonyl (C=O) groups excluding carboxylic acids is 2. The average Bonchev–Trinajstić information content (AvgIpc) is 2.26. The van der Waals surface area contributed by atoms with Crippen LogP contribution in [0, 0.1) is 5.92 Å². The van der Waals surface area contributed by atoms with Crippen molar-refractivity contribution in [1.29, 1.82) is 0 Å². The molecule has 1 aromatic carbocycles. The highest BCUT2D eigenvalue weighted by molar-refractivity contribution is 5.92. The van der Waals surface area contributed by atoms with Gasteiger partial charge in [0.15, 0.2) is 0 Å². The number of Topliss-reactive ketones (excluding diaryl/α,β-unsaturated/α-hetero) is 1. The monoisotopic (exact) mass is 190 g/mol. The fourth-order valence-electron chi connectivity index (χ4n) is 1.22. The number of hydrogen-bond acceptors (Lipinski definition) is 2. The van der Waals surface area contributed by atoms with E-state index in [9.17, 15) is 9.59 Å². The first kappa shape index (κ1) is 10.6. The van der Waals surface area contributed by atoms with Gasteiger partial charge in [0.1, 0.15) is 12.1 Å². The Hall–Kier alpha value is -1.44. The Labute approximate surface area is 83.9 Å². The third kappa shape index (κ3) is 3.13. The molecule has 0 aromatic heterocycles. The lowest BCUT2D eigenvalue weighted by atomic mass is 10.0. The molecule has 2 heteroatoms. The maximum atomic E-state index is 11.3. The molecule has 0 amide bonds. The van der Waals surface area contributed by atoms with Gasteiger partial charge in [-0.3, -0.25) is 4.79 Å². The van der Waals surface area contributed by atoms with Crippen molar-refractivity contribution in [2.45, 2.75) is 19.8 Å². The number of aryl methyl sites for hydroxylation is 1. The van der Waals surface area contributed by atoms with E-state index in [0.29, 0.717) is 12.7 Å². The van der Waals surface area contributed by atoms with Crippen LogP contribution in [0.5, 0.6) is 0 Å². The predicted molar refractivity (Wildman–Crippen MR) is 55.0 cm³/mol. The predicted octanol–water partition coefficient (Wildman–Crippen LogP) is 2.02. The minimum atomic E-state index is -0.460. The molecule has 0 spiro atoms. The first-order valence-corrected chi connectivity index (χ1v) is 4.76. The van der Waals surface area contributed by atoms with Crippen molar-refractivity contribution in [1.82, 2.24) is 0 Å². The fourth-order valence-corrected chi connectivity index (χ4v) is 1.22. The van der Waals surface area contributed by atoms with Crippen molar-refractivity contribution >= 4 is 12.1 Å². The highest BCUT2D eigenvalue weighted by atomic mass is 16.1. The van der Waals surface area contributed by atoms with Crippen molar-refractivity contribution in [2.75, 3.05) is 0 Å². The van der Waals surface area contributed by atoms with Gasteiger partial charge in [-0.05, 0) is 18.9 Å². The minimum absolute atomic E-state index is 0.0175. The molecule has 0 bridgehead atoms. The van der Waals surface area contributed by atoms with Gasteiger partial charge < -0.3 is 4.79 Å². The second-order valence-corrected chi connectivity index (χ2v) is 3.38. The summed E-state index contributed by atoms with van der Waals surface area (Å²) in [5.41, 5.74) is 1.14. The van der Waals surface area contributed by atoms with E-state index in [-0.39, 0.29) is 5.78 Å². The molecule has 0 fully saturated rings. The third-order valence-electron chi connectivity index (χ3n) is 2.21. The van der Waals surface area contributed by atoms with Crippen LogP contribution in [0.25, 0.3) is 0 Å². The summed E-state index contributed by atoms with van der Waals surface area (Å²) in [5, 5.41) is 0. The second-order valence-electron chi connectivity index (χ2n) is 3.38. The van der Waals surface area contributed by atoms with E-state index in [2.05, 4.69) is 0 Å². The Kier molecular flexibility index (Phi) is 4.05. The third-order valence-corrected chi connectivity index (χ3v) is 2.21. The molecule has 0 saturated heterocycles. The zero-order valence-corrected chi connectivity index (χ0v) is 8.27. The highest BCUT2D eigenvalue weighted by Gasteiger charge is 2.10. The summed E-state index contributed by atoms with van der Waals surface area (Å²) in [7, 11) is 0. The lowest BCUT2D eigenvalue weighted by Gasteiger charge is -2.02. The molecular weight excluding hydrogens is 176 g/mol. The molecule has 0 aliphatic carbocycles. The van der Waals surface area contributed by atoms with Crippen molar-refractivity contribution in [2.24, 2.45) is 5.92 Å². The molecule has 74 valence electrons. The number of carbonyl (C=O) groups is 2. The normalized spacial score (nSPS) is 12.1. The first-order valence-electron chi connectivity index (χ1n) is 4.76. The maximum Gasteiger partial charge on any atom is 0.143 e. The fraction of sp³-hybridized carbons (Fsp3) is 0.333. The van der Waals surface area contributed by atoms with E-state index in [1.54, 1.807) is 6.92 Å². The van der Waals surface area contributed by atoms with E-state index in [4.69, 9.17) is 0 Å². The Morgan fingerprint density at radius 1 is 1.36 bits per heavy atom. The van der Waals surface area contributed by atoms with Gasteiger partial charge in [-0.1, -0.05) is 30.3 Å². The van der Waals surface area contributed by atoms with Crippen molar-refractivity contribution in [3.63, 3.8) is 0 Å². The molecule has 1 aromatic rings. The summed E-state index contributed by atoms with van der Waals surface area (Å²) < 4.78 is 0. The molecule has 14 heavy (non-hydrogen) atoms. The Balaban J connectivity index is 2.42. The number of hydrogen-bond donors (Lipinski definition) is 0. The number of benzene rings is 1. The number of ketones is 1. The molecular formula is C12H14O2. The standard InChI is InChI=1S/C12H14O2/c1-10(9-13)12(14)8-7-11-5-3-2-4-6-11/h2-6,9-10H,7-8H2,1H3. The molecule has 0 heterocycles. The van der Waals surface area contributed by atoms with Crippen LogP contribution in [0.1, 0.15) is 18.9 Å². The summed E-state index contributed by atoms with van der Waals surface area (Å²) in [4.78, 5) is 21.7. The number of rotatable bonds is 5. The summed E-state index contributed by atoms with van der Waals surface area (Å²) in [6.07, 6.45) is 1.87. The average molecular weight is 190 g/mol. The summed E-state index contributed by atoms with van der Waals surface area (Å²) in [6, 6.07) is 9.81. The molecule has 0 N–H and O–H groups in total. The molecule has 0 aliphatic rings. The topological polar surface area (TPSA) is 34.1 Å². The molecule has 0 aliphatic heterocycles. The van der Waals surface area contributed by atoms with Crippen LogP contribution in [-0.4, -0.2) is 12.1 Å². The van der Waals surface area contributed by atoms with Crippen LogP contribution in [0.15, 0.2) is 30.3 Å². The summed E-state index contributed by atoms with van der Waals surface area (Å²) in [6.45, 7) is 1.64. The van der Waals surface area contributed by atoms with E-state index >= 15 is 0 Å². The SMILES string of the molecule is CC(C=O)C(=O)CCc1ccccc1.